The molecular formula is C11H16BrNO2. The van der Waals surface area contributed by atoms with E-state index in [0.717, 1.165) is 22.4 Å². The van der Waals surface area contributed by atoms with E-state index in [9.17, 15) is 0 Å². The van der Waals surface area contributed by atoms with Crippen molar-refractivity contribution in [1.29, 1.82) is 0 Å². The van der Waals surface area contributed by atoms with E-state index in [0.29, 0.717) is 19.8 Å². The molecule has 0 spiro atoms. The Balaban J connectivity index is 2.45. The highest BCUT2D eigenvalue weighted by Gasteiger charge is 2.00. The second kappa shape index (κ2) is 6.82. The van der Waals surface area contributed by atoms with Crippen molar-refractivity contribution in [1.82, 2.24) is 0 Å². The van der Waals surface area contributed by atoms with Crippen LogP contribution in [0.2, 0.25) is 0 Å². The van der Waals surface area contributed by atoms with Crippen molar-refractivity contribution < 1.29 is 9.47 Å². The largest absolute Gasteiger partial charge is 0.491 e. The topological polar surface area (TPSA) is 44.5 Å². The fourth-order valence-electron chi connectivity index (χ4n) is 1.15. The molecule has 0 heterocycles. The van der Waals surface area contributed by atoms with Crippen LogP contribution in [0.4, 0.5) is 0 Å². The third-order valence-corrected chi connectivity index (χ3v) is 2.68. The van der Waals surface area contributed by atoms with Gasteiger partial charge in [0.1, 0.15) is 12.4 Å². The number of benzene rings is 1. The van der Waals surface area contributed by atoms with Crippen molar-refractivity contribution in [3.05, 3.63) is 28.2 Å². The van der Waals surface area contributed by atoms with Gasteiger partial charge in [-0.25, -0.2) is 0 Å². The van der Waals surface area contributed by atoms with E-state index in [1.165, 1.54) is 0 Å². The first-order chi connectivity index (χ1) is 7.27. The minimum absolute atomic E-state index is 0.528. The van der Waals surface area contributed by atoms with Crippen LogP contribution >= 0.6 is 15.9 Å². The summed E-state index contributed by atoms with van der Waals surface area (Å²) in [4.78, 5) is 0. The molecule has 1 aromatic rings. The zero-order valence-corrected chi connectivity index (χ0v) is 10.4. The molecule has 84 valence electrons. The summed E-state index contributed by atoms with van der Waals surface area (Å²) in [5.41, 5.74) is 6.63. The van der Waals surface area contributed by atoms with E-state index < -0.39 is 0 Å². The van der Waals surface area contributed by atoms with Gasteiger partial charge in [-0.05, 0) is 24.6 Å². The van der Waals surface area contributed by atoms with Crippen molar-refractivity contribution in [3.63, 3.8) is 0 Å². The summed E-state index contributed by atoms with van der Waals surface area (Å²) in [7, 11) is 0. The van der Waals surface area contributed by atoms with Crippen LogP contribution in [0.3, 0.4) is 0 Å². The Labute approximate surface area is 98.7 Å². The van der Waals surface area contributed by atoms with Gasteiger partial charge in [-0.2, -0.15) is 0 Å². The quantitative estimate of drug-likeness (QED) is 0.810. The number of halogens is 1. The second-order valence-corrected chi connectivity index (χ2v) is 3.86. The number of hydrogen-bond donors (Lipinski definition) is 1. The lowest BCUT2D eigenvalue weighted by atomic mass is 10.2. The number of nitrogens with two attached hydrogens (primary N) is 1. The number of hydrogen-bond acceptors (Lipinski definition) is 3. The summed E-state index contributed by atoms with van der Waals surface area (Å²) in [6.07, 6.45) is 0. The molecule has 0 aromatic heterocycles. The molecule has 0 radical (unpaired) electrons. The minimum atomic E-state index is 0.528. The summed E-state index contributed by atoms with van der Waals surface area (Å²) in [6.45, 7) is 4.40. The summed E-state index contributed by atoms with van der Waals surface area (Å²) in [6, 6.07) is 5.80. The summed E-state index contributed by atoms with van der Waals surface area (Å²) < 4.78 is 11.7. The maximum atomic E-state index is 5.55. The standard InChI is InChI=1S/C11H16BrNO2/c1-2-14-5-6-15-10-4-3-9(8-13)11(12)7-10/h3-4,7H,2,5-6,8,13H2,1H3. The molecule has 0 saturated heterocycles. The van der Waals surface area contributed by atoms with Crippen LogP contribution in [0.25, 0.3) is 0 Å². The van der Waals surface area contributed by atoms with Gasteiger partial charge in [0.15, 0.2) is 0 Å². The molecular weight excluding hydrogens is 258 g/mol. The molecule has 0 bridgehead atoms. The Hall–Kier alpha value is -0.580. The smallest absolute Gasteiger partial charge is 0.120 e. The lowest BCUT2D eigenvalue weighted by Crippen LogP contribution is -2.06. The van der Waals surface area contributed by atoms with E-state index >= 15 is 0 Å². The maximum absolute atomic E-state index is 5.55. The first kappa shape index (κ1) is 12.5. The third-order valence-electron chi connectivity index (χ3n) is 1.94. The van der Waals surface area contributed by atoms with Gasteiger partial charge in [0, 0.05) is 17.6 Å². The Morgan fingerprint density at radius 2 is 2.13 bits per heavy atom. The van der Waals surface area contributed by atoms with Crippen molar-refractivity contribution in [2.24, 2.45) is 5.73 Å². The Bertz CT molecular complexity index is 305. The Morgan fingerprint density at radius 3 is 2.73 bits per heavy atom. The zero-order valence-electron chi connectivity index (χ0n) is 8.83. The molecule has 0 unspecified atom stereocenters. The normalized spacial score (nSPS) is 10.3. The molecule has 1 rings (SSSR count). The zero-order chi connectivity index (χ0) is 11.1. The van der Waals surface area contributed by atoms with Crippen LogP contribution in [0, 0.1) is 0 Å². The van der Waals surface area contributed by atoms with Gasteiger partial charge in [0.2, 0.25) is 0 Å². The van der Waals surface area contributed by atoms with E-state index in [2.05, 4.69) is 15.9 Å². The summed E-state index contributed by atoms with van der Waals surface area (Å²) in [5.74, 6) is 0.832. The molecule has 0 aliphatic heterocycles. The van der Waals surface area contributed by atoms with Gasteiger partial charge >= 0.3 is 0 Å². The molecule has 3 nitrogen and oxygen atoms in total. The monoisotopic (exact) mass is 273 g/mol. The van der Waals surface area contributed by atoms with Crippen LogP contribution in [0.15, 0.2) is 22.7 Å². The lowest BCUT2D eigenvalue weighted by Gasteiger charge is -2.08. The van der Waals surface area contributed by atoms with Gasteiger partial charge < -0.3 is 15.2 Å². The van der Waals surface area contributed by atoms with E-state index in [1.807, 2.05) is 25.1 Å². The SMILES string of the molecule is CCOCCOc1ccc(CN)c(Br)c1. The third kappa shape index (κ3) is 4.20. The summed E-state index contributed by atoms with van der Waals surface area (Å²) in [5, 5.41) is 0. The van der Waals surface area contributed by atoms with Gasteiger partial charge in [-0.3, -0.25) is 0 Å². The van der Waals surface area contributed by atoms with Crippen molar-refractivity contribution in [2.75, 3.05) is 19.8 Å². The summed E-state index contributed by atoms with van der Waals surface area (Å²) >= 11 is 3.44. The molecule has 0 fully saturated rings. The minimum Gasteiger partial charge on any atom is -0.491 e. The second-order valence-electron chi connectivity index (χ2n) is 3.00. The predicted molar refractivity (Wildman–Crippen MR) is 64.0 cm³/mol. The van der Waals surface area contributed by atoms with E-state index in [4.69, 9.17) is 15.2 Å². The van der Waals surface area contributed by atoms with Crippen molar-refractivity contribution in [3.8, 4) is 5.75 Å². The number of ether oxygens (including phenoxy) is 2. The predicted octanol–water partition coefficient (Wildman–Crippen LogP) is 2.32. The molecule has 0 aliphatic rings. The fraction of sp³-hybridized carbons (Fsp3) is 0.455. The average Bonchev–Trinajstić information content (AvgIpc) is 2.25. The van der Waals surface area contributed by atoms with Gasteiger partial charge in [0.05, 0.1) is 6.61 Å². The highest BCUT2D eigenvalue weighted by atomic mass is 79.9. The van der Waals surface area contributed by atoms with E-state index in [-0.39, 0.29) is 0 Å². The number of rotatable bonds is 6. The molecule has 15 heavy (non-hydrogen) atoms. The highest BCUT2D eigenvalue weighted by molar-refractivity contribution is 9.10. The molecule has 0 amide bonds. The van der Waals surface area contributed by atoms with Crippen LogP contribution < -0.4 is 10.5 Å². The maximum Gasteiger partial charge on any atom is 0.120 e. The fourth-order valence-corrected chi connectivity index (χ4v) is 1.67. The lowest BCUT2D eigenvalue weighted by molar-refractivity contribution is 0.110. The van der Waals surface area contributed by atoms with Gasteiger partial charge in [-0.15, -0.1) is 0 Å². The van der Waals surface area contributed by atoms with Crippen LogP contribution in [0.5, 0.6) is 5.75 Å². The first-order valence-electron chi connectivity index (χ1n) is 4.97. The van der Waals surface area contributed by atoms with Crippen molar-refractivity contribution in [2.45, 2.75) is 13.5 Å². The molecule has 0 saturated carbocycles. The van der Waals surface area contributed by atoms with Gasteiger partial charge in [0.25, 0.3) is 0 Å². The first-order valence-corrected chi connectivity index (χ1v) is 5.76. The van der Waals surface area contributed by atoms with Crippen LogP contribution in [-0.4, -0.2) is 19.8 Å². The van der Waals surface area contributed by atoms with Crippen molar-refractivity contribution >= 4 is 15.9 Å². The molecule has 2 N–H and O–H groups in total. The van der Waals surface area contributed by atoms with E-state index in [1.54, 1.807) is 0 Å². The highest BCUT2D eigenvalue weighted by Crippen LogP contribution is 2.22. The average molecular weight is 274 g/mol. The molecule has 4 heteroatoms. The molecule has 0 aliphatic carbocycles. The van der Waals surface area contributed by atoms with Crippen LogP contribution in [-0.2, 0) is 11.3 Å². The van der Waals surface area contributed by atoms with Gasteiger partial charge in [-0.1, -0.05) is 22.0 Å². The van der Waals surface area contributed by atoms with Crippen LogP contribution in [0.1, 0.15) is 12.5 Å². The molecule has 1 aromatic carbocycles. The Kier molecular flexibility index (Phi) is 5.68. The molecule has 0 atom stereocenters. The Morgan fingerprint density at radius 1 is 1.33 bits per heavy atom.